The van der Waals surface area contributed by atoms with E-state index in [1.807, 2.05) is 11.4 Å². The molecule has 0 unspecified atom stereocenters. The van der Waals surface area contributed by atoms with E-state index in [2.05, 4.69) is 53.4 Å². The maximum atomic E-state index is 4.57. The van der Waals surface area contributed by atoms with Crippen molar-refractivity contribution < 1.29 is 0 Å². The Hall–Kier alpha value is -0.170. The topological polar surface area (TPSA) is 30.2 Å². The number of hydrogen-bond donors (Lipinski definition) is 0. The summed E-state index contributed by atoms with van der Waals surface area (Å²) in [6.07, 6.45) is 0. The van der Waals surface area contributed by atoms with Crippen LogP contribution in [0.15, 0.2) is 0 Å². The van der Waals surface area contributed by atoms with Crippen LogP contribution in [0.5, 0.6) is 0 Å². The van der Waals surface area contributed by atoms with E-state index in [0.717, 1.165) is 19.4 Å². The normalized spacial score (nSPS) is 12.6. The fraction of sp³-hybridized carbons (Fsp3) is 0.556. The number of imidazole rings is 1. The summed E-state index contributed by atoms with van der Waals surface area (Å²) < 4.78 is 3.05. The number of rotatable bonds is 0. The van der Waals surface area contributed by atoms with Crippen molar-refractivity contribution in [2.45, 2.75) is 33.1 Å². The van der Waals surface area contributed by atoms with Crippen LogP contribution in [-0.2, 0) is 5.41 Å². The van der Waals surface area contributed by atoms with Crippen molar-refractivity contribution in [1.29, 1.82) is 0 Å². The molecule has 0 bridgehead atoms. The highest BCUT2D eigenvalue weighted by molar-refractivity contribution is 14.1. The Labute approximate surface area is 101 Å². The van der Waals surface area contributed by atoms with Gasteiger partial charge < -0.3 is 0 Å². The van der Waals surface area contributed by atoms with E-state index in [-0.39, 0.29) is 5.41 Å². The quantitative estimate of drug-likeness (QED) is 0.698. The number of hydrogen-bond acceptors (Lipinski definition) is 3. The SMILES string of the molecule is Cc1nc2sc(C(C)(C)C)nn2c1I. The standard InChI is InChI=1S/C9H12IN3S/c1-5-6(10)13-8(11-5)14-7(12-13)9(2,3)4/h1-4H3. The van der Waals surface area contributed by atoms with Crippen LogP contribution in [0.25, 0.3) is 4.96 Å². The fourth-order valence-corrected chi connectivity index (χ4v) is 2.75. The van der Waals surface area contributed by atoms with Crippen LogP contribution in [-0.4, -0.2) is 14.6 Å². The Balaban J connectivity index is 2.65. The van der Waals surface area contributed by atoms with Gasteiger partial charge >= 0.3 is 0 Å². The largest absolute Gasteiger partial charge is 0.222 e. The molecule has 0 aliphatic carbocycles. The Morgan fingerprint density at radius 2 is 2.00 bits per heavy atom. The van der Waals surface area contributed by atoms with Crippen molar-refractivity contribution in [2.75, 3.05) is 0 Å². The third-order valence-corrected chi connectivity index (χ3v) is 4.52. The van der Waals surface area contributed by atoms with Crippen molar-refractivity contribution in [2.24, 2.45) is 0 Å². The molecule has 2 heterocycles. The van der Waals surface area contributed by atoms with Gasteiger partial charge in [-0.3, -0.25) is 0 Å². The second-order valence-electron chi connectivity index (χ2n) is 4.34. The molecular formula is C9H12IN3S. The molecule has 0 aromatic carbocycles. The highest BCUT2D eigenvalue weighted by Crippen LogP contribution is 2.28. The van der Waals surface area contributed by atoms with Gasteiger partial charge in [-0.05, 0) is 29.5 Å². The smallest absolute Gasteiger partial charge is 0.213 e. The molecule has 0 saturated heterocycles. The van der Waals surface area contributed by atoms with E-state index >= 15 is 0 Å². The van der Waals surface area contributed by atoms with Crippen molar-refractivity contribution in [3.05, 3.63) is 14.4 Å². The first kappa shape index (κ1) is 10.4. The van der Waals surface area contributed by atoms with Gasteiger partial charge in [-0.1, -0.05) is 32.1 Å². The van der Waals surface area contributed by atoms with E-state index < -0.39 is 0 Å². The van der Waals surface area contributed by atoms with E-state index in [4.69, 9.17) is 0 Å². The molecule has 0 amide bonds. The minimum absolute atomic E-state index is 0.113. The molecule has 0 saturated carbocycles. The predicted octanol–water partition coefficient (Wildman–Crippen LogP) is 3.00. The molecule has 2 aromatic heterocycles. The van der Waals surface area contributed by atoms with E-state index in [9.17, 15) is 0 Å². The van der Waals surface area contributed by atoms with Gasteiger partial charge in [-0.15, -0.1) is 0 Å². The van der Waals surface area contributed by atoms with Gasteiger partial charge in [0.2, 0.25) is 4.96 Å². The fourth-order valence-electron chi connectivity index (χ4n) is 1.13. The summed E-state index contributed by atoms with van der Waals surface area (Å²) in [6, 6.07) is 0. The molecule has 0 radical (unpaired) electrons. The first-order chi connectivity index (χ1) is 6.39. The molecule has 3 nitrogen and oxygen atoms in total. The molecule has 76 valence electrons. The lowest BCUT2D eigenvalue weighted by molar-refractivity contribution is 0.573. The van der Waals surface area contributed by atoms with Crippen LogP contribution in [0.1, 0.15) is 31.5 Å². The van der Waals surface area contributed by atoms with Crippen molar-refractivity contribution in [3.63, 3.8) is 0 Å². The summed E-state index contributed by atoms with van der Waals surface area (Å²) in [7, 11) is 0. The van der Waals surface area contributed by atoms with Crippen LogP contribution >= 0.6 is 33.9 Å². The average molecular weight is 321 g/mol. The zero-order chi connectivity index (χ0) is 10.5. The number of halogens is 1. The second-order valence-corrected chi connectivity index (χ2v) is 6.32. The Morgan fingerprint density at radius 3 is 2.50 bits per heavy atom. The lowest BCUT2D eigenvalue weighted by atomic mass is 9.98. The number of aryl methyl sites for hydroxylation is 1. The van der Waals surface area contributed by atoms with Crippen molar-refractivity contribution in [1.82, 2.24) is 14.6 Å². The van der Waals surface area contributed by atoms with Gasteiger partial charge in [-0.25, -0.2) is 4.98 Å². The molecule has 2 rings (SSSR count). The van der Waals surface area contributed by atoms with Crippen LogP contribution in [0.2, 0.25) is 0 Å². The maximum Gasteiger partial charge on any atom is 0.213 e. The minimum Gasteiger partial charge on any atom is -0.222 e. The van der Waals surface area contributed by atoms with Gasteiger partial charge in [0.05, 0.1) is 5.69 Å². The molecule has 0 aliphatic heterocycles. The average Bonchev–Trinajstić information content (AvgIpc) is 2.54. The third kappa shape index (κ3) is 1.56. The predicted molar refractivity (Wildman–Crippen MR) is 67.0 cm³/mol. The van der Waals surface area contributed by atoms with Gasteiger partial charge in [-0.2, -0.15) is 9.61 Å². The van der Waals surface area contributed by atoms with Crippen LogP contribution in [0, 0.1) is 10.6 Å². The molecule has 5 heteroatoms. The molecule has 0 aliphatic rings. The van der Waals surface area contributed by atoms with E-state index in [0.29, 0.717) is 0 Å². The highest BCUT2D eigenvalue weighted by Gasteiger charge is 2.21. The Kier molecular flexibility index (Phi) is 2.34. The van der Waals surface area contributed by atoms with Gasteiger partial charge in [0, 0.05) is 5.41 Å². The Morgan fingerprint density at radius 1 is 1.36 bits per heavy atom. The Bertz CT molecular complexity index is 478. The summed E-state index contributed by atoms with van der Waals surface area (Å²) in [6.45, 7) is 8.53. The molecule has 0 N–H and O–H groups in total. The molecular weight excluding hydrogens is 309 g/mol. The molecule has 2 aromatic rings. The van der Waals surface area contributed by atoms with Gasteiger partial charge in [0.1, 0.15) is 8.71 Å². The molecule has 0 spiro atoms. The van der Waals surface area contributed by atoms with Crippen LogP contribution in [0.3, 0.4) is 0 Å². The molecule has 0 fully saturated rings. The first-order valence-corrected chi connectivity index (χ1v) is 6.31. The zero-order valence-corrected chi connectivity index (χ0v) is 11.6. The number of nitrogens with zero attached hydrogens (tertiary/aromatic N) is 3. The number of fused-ring (bicyclic) bond motifs is 1. The lowest BCUT2D eigenvalue weighted by Gasteiger charge is -2.12. The summed E-state index contributed by atoms with van der Waals surface area (Å²) >= 11 is 3.96. The summed E-state index contributed by atoms with van der Waals surface area (Å²) in [5.74, 6) is 0. The maximum absolute atomic E-state index is 4.57. The van der Waals surface area contributed by atoms with Crippen LogP contribution in [0.4, 0.5) is 0 Å². The summed E-state index contributed by atoms with van der Waals surface area (Å²) in [5.41, 5.74) is 1.17. The third-order valence-electron chi connectivity index (χ3n) is 1.95. The zero-order valence-electron chi connectivity index (χ0n) is 8.63. The highest BCUT2D eigenvalue weighted by atomic mass is 127. The summed E-state index contributed by atoms with van der Waals surface area (Å²) in [5, 5.41) is 5.71. The lowest BCUT2D eigenvalue weighted by Crippen LogP contribution is -2.11. The molecule has 14 heavy (non-hydrogen) atoms. The van der Waals surface area contributed by atoms with Crippen LogP contribution < -0.4 is 0 Å². The molecule has 0 atom stereocenters. The van der Waals surface area contributed by atoms with Crippen molar-refractivity contribution >= 4 is 38.9 Å². The van der Waals surface area contributed by atoms with Crippen molar-refractivity contribution in [3.8, 4) is 0 Å². The van der Waals surface area contributed by atoms with Gasteiger partial charge in [0.15, 0.2) is 0 Å². The monoisotopic (exact) mass is 321 g/mol. The van der Waals surface area contributed by atoms with E-state index in [1.54, 1.807) is 11.3 Å². The van der Waals surface area contributed by atoms with E-state index in [1.165, 1.54) is 0 Å². The second kappa shape index (κ2) is 3.16. The minimum atomic E-state index is 0.113. The number of aromatic nitrogens is 3. The first-order valence-electron chi connectivity index (χ1n) is 4.42. The summed E-state index contributed by atoms with van der Waals surface area (Å²) in [4.78, 5) is 5.46. The van der Waals surface area contributed by atoms with Gasteiger partial charge in [0.25, 0.3) is 0 Å².